The topological polar surface area (TPSA) is 55.2 Å². The Morgan fingerprint density at radius 3 is 2.72 bits per heavy atom. The Morgan fingerprint density at radius 1 is 1.33 bits per heavy atom. The molecule has 18 heavy (non-hydrogen) atoms. The van der Waals surface area contributed by atoms with E-state index in [0.717, 1.165) is 22.6 Å². The third kappa shape index (κ3) is 2.49. The third-order valence-corrected chi connectivity index (χ3v) is 2.80. The zero-order valence-corrected chi connectivity index (χ0v) is 10.7. The second-order valence-electron chi connectivity index (χ2n) is 4.14. The highest BCUT2D eigenvalue weighted by molar-refractivity contribution is 5.57. The first kappa shape index (κ1) is 12.5. The van der Waals surface area contributed by atoms with E-state index in [1.807, 2.05) is 31.2 Å². The maximum Gasteiger partial charge on any atom is 0.159 e. The van der Waals surface area contributed by atoms with E-state index in [2.05, 4.69) is 9.97 Å². The lowest BCUT2D eigenvalue weighted by Gasteiger charge is -2.09. The molecule has 1 heterocycles. The van der Waals surface area contributed by atoms with Crippen molar-refractivity contribution < 1.29 is 9.84 Å². The van der Waals surface area contributed by atoms with Gasteiger partial charge in [-0.25, -0.2) is 9.97 Å². The fraction of sp³-hybridized carbons (Fsp3) is 0.286. The summed E-state index contributed by atoms with van der Waals surface area (Å²) in [5, 5.41) is 9.55. The van der Waals surface area contributed by atoms with Gasteiger partial charge >= 0.3 is 0 Å². The minimum atomic E-state index is -0.552. The molecule has 0 bridgehead atoms. The predicted molar refractivity (Wildman–Crippen MR) is 69.4 cm³/mol. The fourth-order valence-corrected chi connectivity index (χ4v) is 1.79. The van der Waals surface area contributed by atoms with Crippen molar-refractivity contribution in [1.82, 2.24) is 9.97 Å². The molecule has 4 nitrogen and oxygen atoms in total. The standard InChI is InChI=1S/C14H16N2O2/c1-9-13(10(2)17)8-15-14(16-9)11-5-4-6-12(7-11)18-3/h4-8,10,17H,1-3H3/t10-/m1/s1. The molecule has 1 atom stereocenters. The summed E-state index contributed by atoms with van der Waals surface area (Å²) in [7, 11) is 1.63. The SMILES string of the molecule is COc1cccc(-c2ncc([C@@H](C)O)c(C)n2)c1. The van der Waals surface area contributed by atoms with Crippen LogP contribution in [-0.2, 0) is 0 Å². The van der Waals surface area contributed by atoms with Crippen LogP contribution in [-0.4, -0.2) is 22.2 Å². The Morgan fingerprint density at radius 2 is 2.11 bits per heavy atom. The molecule has 0 saturated heterocycles. The third-order valence-electron chi connectivity index (χ3n) is 2.80. The average Bonchev–Trinajstić information content (AvgIpc) is 2.38. The van der Waals surface area contributed by atoms with Crippen LogP contribution in [0.3, 0.4) is 0 Å². The minimum Gasteiger partial charge on any atom is -0.497 e. The Bertz CT molecular complexity index is 553. The lowest BCUT2D eigenvalue weighted by Crippen LogP contribution is -2.01. The summed E-state index contributed by atoms with van der Waals surface area (Å²) in [6, 6.07) is 7.59. The monoisotopic (exact) mass is 244 g/mol. The number of aliphatic hydroxyl groups is 1. The quantitative estimate of drug-likeness (QED) is 0.901. The Labute approximate surface area is 106 Å². The molecule has 2 rings (SSSR count). The van der Waals surface area contributed by atoms with Gasteiger partial charge in [-0.1, -0.05) is 12.1 Å². The van der Waals surface area contributed by atoms with Crippen molar-refractivity contribution in [2.75, 3.05) is 7.11 Å². The highest BCUT2D eigenvalue weighted by atomic mass is 16.5. The Balaban J connectivity index is 2.42. The summed E-state index contributed by atoms with van der Waals surface area (Å²) in [6.07, 6.45) is 1.12. The average molecular weight is 244 g/mol. The van der Waals surface area contributed by atoms with Gasteiger partial charge in [0.2, 0.25) is 0 Å². The number of ether oxygens (including phenoxy) is 1. The second-order valence-corrected chi connectivity index (χ2v) is 4.14. The van der Waals surface area contributed by atoms with Gasteiger partial charge in [-0.05, 0) is 26.0 Å². The molecule has 1 N–H and O–H groups in total. The van der Waals surface area contributed by atoms with E-state index in [9.17, 15) is 5.11 Å². The van der Waals surface area contributed by atoms with Crippen molar-refractivity contribution in [2.24, 2.45) is 0 Å². The van der Waals surface area contributed by atoms with Crippen LogP contribution in [0.4, 0.5) is 0 Å². The Hall–Kier alpha value is -1.94. The fourth-order valence-electron chi connectivity index (χ4n) is 1.79. The van der Waals surface area contributed by atoms with Crippen molar-refractivity contribution in [3.8, 4) is 17.1 Å². The summed E-state index contributed by atoms with van der Waals surface area (Å²) in [6.45, 7) is 3.57. The Kier molecular flexibility index (Phi) is 3.58. The van der Waals surface area contributed by atoms with Crippen molar-refractivity contribution >= 4 is 0 Å². The molecule has 0 aliphatic heterocycles. The molecule has 0 amide bonds. The largest absolute Gasteiger partial charge is 0.497 e. The summed E-state index contributed by atoms with van der Waals surface area (Å²) in [5.74, 6) is 1.41. The predicted octanol–water partition coefficient (Wildman–Crippen LogP) is 2.51. The maximum absolute atomic E-state index is 9.55. The molecule has 0 fully saturated rings. The number of methoxy groups -OCH3 is 1. The molecule has 1 aromatic heterocycles. The highest BCUT2D eigenvalue weighted by Crippen LogP contribution is 2.22. The first-order valence-corrected chi connectivity index (χ1v) is 5.78. The van der Waals surface area contributed by atoms with E-state index in [-0.39, 0.29) is 0 Å². The summed E-state index contributed by atoms with van der Waals surface area (Å²) < 4.78 is 5.17. The van der Waals surface area contributed by atoms with Gasteiger partial charge in [-0.2, -0.15) is 0 Å². The van der Waals surface area contributed by atoms with E-state index in [1.165, 1.54) is 0 Å². The van der Waals surface area contributed by atoms with Crippen LogP contribution in [0.2, 0.25) is 0 Å². The van der Waals surface area contributed by atoms with Gasteiger partial charge < -0.3 is 9.84 Å². The summed E-state index contributed by atoms with van der Waals surface area (Å²) in [4.78, 5) is 8.69. The molecule has 2 aromatic rings. The molecule has 4 heteroatoms. The number of hydrogen-bond acceptors (Lipinski definition) is 4. The number of aryl methyl sites for hydroxylation is 1. The molecule has 0 unspecified atom stereocenters. The van der Waals surface area contributed by atoms with E-state index < -0.39 is 6.10 Å². The van der Waals surface area contributed by atoms with Crippen molar-refractivity contribution in [3.05, 3.63) is 41.7 Å². The molecule has 0 aliphatic carbocycles. The van der Waals surface area contributed by atoms with Crippen LogP contribution in [0.15, 0.2) is 30.5 Å². The second kappa shape index (κ2) is 5.14. The number of nitrogens with zero attached hydrogens (tertiary/aromatic N) is 2. The van der Waals surface area contributed by atoms with Gasteiger partial charge in [-0.3, -0.25) is 0 Å². The molecular weight excluding hydrogens is 228 g/mol. The maximum atomic E-state index is 9.55. The van der Waals surface area contributed by atoms with Crippen LogP contribution < -0.4 is 4.74 Å². The molecule has 0 radical (unpaired) electrons. The molecule has 0 spiro atoms. The van der Waals surface area contributed by atoms with E-state index in [0.29, 0.717) is 5.82 Å². The minimum absolute atomic E-state index is 0.552. The van der Waals surface area contributed by atoms with Crippen LogP contribution in [0.1, 0.15) is 24.3 Å². The van der Waals surface area contributed by atoms with Crippen LogP contribution in [0, 0.1) is 6.92 Å². The van der Waals surface area contributed by atoms with E-state index in [1.54, 1.807) is 20.2 Å². The van der Waals surface area contributed by atoms with Gasteiger partial charge in [0, 0.05) is 23.0 Å². The van der Waals surface area contributed by atoms with Gasteiger partial charge in [0.15, 0.2) is 5.82 Å². The molecule has 94 valence electrons. The number of hydrogen-bond donors (Lipinski definition) is 1. The molecule has 0 aliphatic rings. The van der Waals surface area contributed by atoms with Crippen LogP contribution >= 0.6 is 0 Å². The highest BCUT2D eigenvalue weighted by Gasteiger charge is 2.09. The van der Waals surface area contributed by atoms with Crippen LogP contribution in [0.5, 0.6) is 5.75 Å². The number of aromatic nitrogens is 2. The van der Waals surface area contributed by atoms with E-state index >= 15 is 0 Å². The van der Waals surface area contributed by atoms with Crippen LogP contribution in [0.25, 0.3) is 11.4 Å². The van der Waals surface area contributed by atoms with Gasteiger partial charge in [0.25, 0.3) is 0 Å². The number of benzene rings is 1. The molecule has 0 saturated carbocycles. The summed E-state index contributed by atoms with van der Waals surface area (Å²) >= 11 is 0. The smallest absolute Gasteiger partial charge is 0.159 e. The first-order valence-electron chi connectivity index (χ1n) is 5.78. The van der Waals surface area contributed by atoms with Gasteiger partial charge in [0.05, 0.1) is 13.2 Å². The van der Waals surface area contributed by atoms with Gasteiger partial charge in [0.1, 0.15) is 5.75 Å². The first-order chi connectivity index (χ1) is 8.61. The van der Waals surface area contributed by atoms with Crippen molar-refractivity contribution in [3.63, 3.8) is 0 Å². The normalized spacial score (nSPS) is 12.2. The molecular formula is C14H16N2O2. The molecule has 1 aromatic carbocycles. The lowest BCUT2D eigenvalue weighted by molar-refractivity contribution is 0.197. The van der Waals surface area contributed by atoms with Crippen molar-refractivity contribution in [2.45, 2.75) is 20.0 Å². The zero-order valence-electron chi connectivity index (χ0n) is 10.7. The number of rotatable bonds is 3. The summed E-state index contributed by atoms with van der Waals surface area (Å²) in [5.41, 5.74) is 2.44. The van der Waals surface area contributed by atoms with Gasteiger partial charge in [-0.15, -0.1) is 0 Å². The lowest BCUT2D eigenvalue weighted by atomic mass is 10.1. The number of aliphatic hydroxyl groups excluding tert-OH is 1. The van der Waals surface area contributed by atoms with Crippen molar-refractivity contribution in [1.29, 1.82) is 0 Å². The van der Waals surface area contributed by atoms with E-state index in [4.69, 9.17) is 4.74 Å². The zero-order chi connectivity index (χ0) is 13.1.